The Morgan fingerprint density at radius 3 is 1.90 bits per heavy atom. The minimum absolute atomic E-state index is 0.0912. The van der Waals surface area contributed by atoms with Gasteiger partial charge in [0.2, 0.25) is 0 Å². The molecule has 0 bridgehead atoms. The van der Waals surface area contributed by atoms with E-state index >= 15 is 0 Å². The van der Waals surface area contributed by atoms with Gasteiger partial charge in [-0.3, -0.25) is 0 Å². The van der Waals surface area contributed by atoms with Crippen molar-refractivity contribution >= 4 is 0 Å². The van der Waals surface area contributed by atoms with E-state index in [9.17, 15) is 0 Å². The number of methoxy groups -OCH3 is 6. The minimum atomic E-state index is 0.0912. The van der Waals surface area contributed by atoms with E-state index < -0.39 is 0 Å². The van der Waals surface area contributed by atoms with Crippen molar-refractivity contribution in [1.29, 1.82) is 0 Å². The molecule has 3 rings (SSSR count). The highest BCUT2D eigenvalue weighted by Crippen LogP contribution is 2.48. The summed E-state index contributed by atoms with van der Waals surface area (Å²) in [5, 5.41) is 0. The first kappa shape index (κ1) is 22.2. The van der Waals surface area contributed by atoms with E-state index in [2.05, 4.69) is 24.3 Å². The molecular weight excluding hydrogens is 384 g/mol. The molecule has 0 N–H and O–H groups in total. The summed E-state index contributed by atoms with van der Waals surface area (Å²) in [7, 11) is 10.1. The molecule has 6 heteroatoms. The zero-order valence-electron chi connectivity index (χ0n) is 18.7. The fraction of sp³-hybridized carbons (Fsp3) is 0.500. The van der Waals surface area contributed by atoms with Crippen LogP contribution in [-0.2, 0) is 15.9 Å². The average Bonchev–Trinajstić information content (AvgIpc) is 2.78. The maximum atomic E-state index is 5.66. The van der Waals surface area contributed by atoms with Crippen molar-refractivity contribution < 1.29 is 28.4 Å². The zero-order chi connectivity index (χ0) is 21.7. The lowest BCUT2D eigenvalue weighted by Crippen LogP contribution is -2.36. The molecule has 0 saturated heterocycles. The van der Waals surface area contributed by atoms with Crippen LogP contribution in [0, 0.1) is 11.8 Å². The van der Waals surface area contributed by atoms with E-state index in [0.717, 1.165) is 23.5 Å². The average molecular weight is 417 g/mol. The lowest BCUT2D eigenvalue weighted by molar-refractivity contribution is 0.0565. The molecular formula is C24H32O6. The molecule has 1 aliphatic carbocycles. The molecule has 3 atom stereocenters. The summed E-state index contributed by atoms with van der Waals surface area (Å²) in [6.45, 7) is 1.28. The molecule has 164 valence electrons. The van der Waals surface area contributed by atoms with Gasteiger partial charge in [0, 0.05) is 26.7 Å². The Labute approximate surface area is 179 Å². The van der Waals surface area contributed by atoms with Crippen molar-refractivity contribution in [3.05, 3.63) is 47.0 Å². The lowest BCUT2D eigenvalue weighted by atomic mass is 9.67. The molecule has 0 amide bonds. The Bertz CT molecular complexity index is 850. The molecule has 0 aliphatic heterocycles. The van der Waals surface area contributed by atoms with Crippen molar-refractivity contribution in [2.45, 2.75) is 12.3 Å². The molecule has 0 radical (unpaired) electrons. The fourth-order valence-corrected chi connectivity index (χ4v) is 4.63. The van der Waals surface area contributed by atoms with Crippen LogP contribution in [-0.4, -0.2) is 55.9 Å². The van der Waals surface area contributed by atoms with Crippen LogP contribution >= 0.6 is 0 Å². The largest absolute Gasteiger partial charge is 0.493 e. The van der Waals surface area contributed by atoms with Gasteiger partial charge >= 0.3 is 0 Å². The van der Waals surface area contributed by atoms with E-state index in [4.69, 9.17) is 28.4 Å². The Balaban J connectivity index is 2.20. The van der Waals surface area contributed by atoms with E-state index in [1.54, 1.807) is 42.7 Å². The minimum Gasteiger partial charge on any atom is -0.493 e. The Morgan fingerprint density at radius 2 is 1.30 bits per heavy atom. The van der Waals surface area contributed by atoms with Crippen molar-refractivity contribution in [3.63, 3.8) is 0 Å². The maximum Gasteiger partial charge on any atom is 0.161 e. The molecule has 0 heterocycles. The third kappa shape index (κ3) is 4.20. The summed E-state index contributed by atoms with van der Waals surface area (Å²) >= 11 is 0. The second kappa shape index (κ2) is 10.0. The van der Waals surface area contributed by atoms with E-state index in [-0.39, 0.29) is 11.8 Å². The summed E-state index contributed by atoms with van der Waals surface area (Å²) in [5.74, 6) is 3.51. The second-order valence-electron chi connectivity index (χ2n) is 7.54. The summed E-state index contributed by atoms with van der Waals surface area (Å²) < 4.78 is 33.4. The highest BCUT2D eigenvalue weighted by Gasteiger charge is 2.39. The number of rotatable bonds is 9. The van der Waals surface area contributed by atoms with Gasteiger partial charge in [0.25, 0.3) is 0 Å². The van der Waals surface area contributed by atoms with Gasteiger partial charge < -0.3 is 28.4 Å². The van der Waals surface area contributed by atoms with Gasteiger partial charge in [0.1, 0.15) is 0 Å². The van der Waals surface area contributed by atoms with E-state index in [1.165, 1.54) is 11.1 Å². The van der Waals surface area contributed by atoms with Crippen LogP contribution in [0.15, 0.2) is 30.3 Å². The Kier molecular flexibility index (Phi) is 7.45. The first-order valence-corrected chi connectivity index (χ1v) is 10.1. The fourth-order valence-electron chi connectivity index (χ4n) is 4.63. The number of hydrogen-bond acceptors (Lipinski definition) is 6. The van der Waals surface area contributed by atoms with E-state index in [0.29, 0.717) is 30.6 Å². The third-order valence-electron chi connectivity index (χ3n) is 6.00. The predicted molar refractivity (Wildman–Crippen MR) is 115 cm³/mol. The van der Waals surface area contributed by atoms with Gasteiger partial charge in [0.05, 0.1) is 35.0 Å². The summed E-state index contributed by atoms with van der Waals surface area (Å²) in [4.78, 5) is 0. The summed E-state index contributed by atoms with van der Waals surface area (Å²) in [6.07, 6.45) is 0.890. The molecule has 0 unspecified atom stereocenters. The molecule has 30 heavy (non-hydrogen) atoms. The van der Waals surface area contributed by atoms with Gasteiger partial charge in [-0.25, -0.2) is 0 Å². The number of hydrogen-bond donors (Lipinski definition) is 0. The molecule has 0 fully saturated rings. The van der Waals surface area contributed by atoms with Crippen LogP contribution in [0.5, 0.6) is 23.0 Å². The summed E-state index contributed by atoms with van der Waals surface area (Å²) in [5.41, 5.74) is 3.60. The molecule has 1 aliphatic rings. The molecule has 0 saturated carbocycles. The van der Waals surface area contributed by atoms with Crippen molar-refractivity contribution in [3.8, 4) is 23.0 Å². The van der Waals surface area contributed by atoms with Crippen LogP contribution in [0.2, 0.25) is 0 Å². The Morgan fingerprint density at radius 1 is 0.700 bits per heavy atom. The quantitative estimate of drug-likeness (QED) is 0.617. The first-order valence-electron chi connectivity index (χ1n) is 10.1. The first-order chi connectivity index (χ1) is 14.6. The molecule has 6 nitrogen and oxygen atoms in total. The van der Waals surface area contributed by atoms with Crippen LogP contribution < -0.4 is 18.9 Å². The van der Waals surface area contributed by atoms with Crippen molar-refractivity contribution in [2.24, 2.45) is 11.8 Å². The third-order valence-corrected chi connectivity index (χ3v) is 6.00. The predicted octanol–water partition coefficient (Wildman–Crippen LogP) is 3.93. The molecule has 2 aromatic carbocycles. The van der Waals surface area contributed by atoms with E-state index in [1.807, 2.05) is 6.07 Å². The van der Waals surface area contributed by atoms with Gasteiger partial charge in [-0.1, -0.05) is 6.07 Å². The molecule has 2 aromatic rings. The number of fused-ring (bicyclic) bond motifs is 1. The highest BCUT2D eigenvalue weighted by molar-refractivity contribution is 5.54. The molecule has 0 spiro atoms. The topological polar surface area (TPSA) is 55.4 Å². The maximum absolute atomic E-state index is 5.66. The Hall–Kier alpha value is -2.44. The number of ether oxygens (including phenoxy) is 6. The highest BCUT2D eigenvalue weighted by atomic mass is 16.5. The van der Waals surface area contributed by atoms with Crippen molar-refractivity contribution in [1.82, 2.24) is 0 Å². The standard InChI is InChI=1S/C24H32O6/c1-25-13-17-9-16-11-22(29-5)23(30-6)12-18(16)24(19(17)14-26-2)15-7-8-20(27-3)21(10-15)28-4/h7-8,10-12,17,19,24H,9,13-14H2,1-6H3/t17-,19+,24+/m0/s1. The monoisotopic (exact) mass is 416 g/mol. The molecule has 0 aromatic heterocycles. The van der Waals surface area contributed by atoms with Crippen molar-refractivity contribution in [2.75, 3.05) is 55.9 Å². The zero-order valence-corrected chi connectivity index (χ0v) is 18.7. The van der Waals surface area contributed by atoms with Crippen LogP contribution in [0.1, 0.15) is 22.6 Å². The SMILES string of the molecule is COC[C@@H]1Cc2cc(OC)c(OC)cc2[C@@H](c2ccc(OC)c(OC)c2)[C@@H]1COC. The van der Waals surface area contributed by atoms with Gasteiger partial charge in [-0.15, -0.1) is 0 Å². The van der Waals surface area contributed by atoms with Gasteiger partial charge in [-0.05, 0) is 59.2 Å². The normalized spacial score (nSPS) is 20.4. The van der Waals surface area contributed by atoms with Crippen LogP contribution in [0.25, 0.3) is 0 Å². The number of benzene rings is 2. The van der Waals surface area contributed by atoms with Gasteiger partial charge in [-0.2, -0.15) is 0 Å². The summed E-state index contributed by atoms with van der Waals surface area (Å²) in [6, 6.07) is 10.3. The van der Waals surface area contributed by atoms with Gasteiger partial charge in [0.15, 0.2) is 23.0 Å². The smallest absolute Gasteiger partial charge is 0.161 e. The van der Waals surface area contributed by atoms with Crippen LogP contribution in [0.4, 0.5) is 0 Å². The lowest BCUT2D eigenvalue weighted by Gasteiger charge is -2.40. The second-order valence-corrected chi connectivity index (χ2v) is 7.54. The van der Waals surface area contributed by atoms with Crippen LogP contribution in [0.3, 0.4) is 0 Å².